The van der Waals surface area contributed by atoms with Crippen molar-refractivity contribution in [2.45, 2.75) is 13.0 Å². The van der Waals surface area contributed by atoms with Crippen LogP contribution in [0, 0.1) is 0 Å². The van der Waals surface area contributed by atoms with E-state index in [4.69, 9.17) is 10.5 Å². The first-order valence-electron chi connectivity index (χ1n) is 8.07. The molecular formula is C19H14N2O5. The van der Waals surface area contributed by atoms with E-state index in [-0.39, 0.29) is 46.2 Å². The van der Waals surface area contributed by atoms with E-state index in [2.05, 4.69) is 0 Å². The fourth-order valence-electron chi connectivity index (χ4n) is 3.27. The highest BCUT2D eigenvalue weighted by atomic mass is 16.5. The molecule has 1 fully saturated rings. The van der Waals surface area contributed by atoms with Crippen LogP contribution in [-0.2, 0) is 14.3 Å². The summed E-state index contributed by atoms with van der Waals surface area (Å²) in [7, 11) is 0. The van der Waals surface area contributed by atoms with Crippen LogP contribution in [0.2, 0.25) is 0 Å². The molecule has 4 rings (SSSR count). The van der Waals surface area contributed by atoms with Gasteiger partial charge in [0.1, 0.15) is 0 Å². The molecule has 0 aromatic heterocycles. The third kappa shape index (κ3) is 2.04. The number of nitrogens with two attached hydrogens (primary N) is 1. The molecule has 1 aliphatic heterocycles. The minimum absolute atomic E-state index is 0.0703. The van der Waals surface area contributed by atoms with Crippen molar-refractivity contribution in [2.75, 3.05) is 17.2 Å². The first-order valence-corrected chi connectivity index (χ1v) is 8.07. The molecule has 0 bridgehead atoms. The molecule has 7 heteroatoms. The van der Waals surface area contributed by atoms with Crippen molar-refractivity contribution in [3.05, 3.63) is 58.7 Å². The fourth-order valence-corrected chi connectivity index (χ4v) is 3.27. The molecule has 1 saturated heterocycles. The number of ketones is 2. The monoisotopic (exact) mass is 350 g/mol. The topological polar surface area (TPSA) is 107 Å². The number of β-lactam (4-membered cyclic amide) rings is 2. The van der Waals surface area contributed by atoms with Gasteiger partial charge in [0.05, 0.1) is 11.4 Å². The molecule has 0 saturated carbocycles. The van der Waals surface area contributed by atoms with Gasteiger partial charge in [0.15, 0.2) is 11.6 Å². The minimum Gasteiger partial charge on any atom is -0.397 e. The van der Waals surface area contributed by atoms with Gasteiger partial charge in [-0.2, -0.15) is 0 Å². The molecular weight excluding hydrogens is 336 g/mol. The molecule has 130 valence electrons. The van der Waals surface area contributed by atoms with E-state index in [0.717, 1.165) is 4.90 Å². The van der Waals surface area contributed by atoms with Crippen LogP contribution in [-0.4, -0.2) is 36.1 Å². The number of hydrogen-bond donors (Lipinski definition) is 1. The third-order valence-corrected chi connectivity index (χ3v) is 4.54. The summed E-state index contributed by atoms with van der Waals surface area (Å²) in [5.74, 6) is -1.75. The standard InChI is InChI=1S/C19H14N2O5/c1-2-26-17-18(24)21(19(17)25)14-8-12-11(7-13(14)20)15(22)9-5-3-4-6-10(9)16(12)23/h3-8,17H,2,20H2,1H3. The average molecular weight is 350 g/mol. The Balaban J connectivity index is 1.80. The quantitative estimate of drug-likeness (QED) is 0.434. The Labute approximate surface area is 148 Å². The van der Waals surface area contributed by atoms with Crippen LogP contribution < -0.4 is 10.6 Å². The number of rotatable bonds is 3. The molecule has 1 heterocycles. The number of carbonyl (C=O) groups is 4. The zero-order valence-electron chi connectivity index (χ0n) is 13.8. The van der Waals surface area contributed by atoms with Gasteiger partial charge in [0.2, 0.25) is 6.10 Å². The summed E-state index contributed by atoms with van der Waals surface area (Å²) in [6.45, 7) is 1.90. The molecule has 2 aromatic rings. The molecule has 0 unspecified atom stereocenters. The highest BCUT2D eigenvalue weighted by molar-refractivity contribution is 6.37. The molecule has 0 radical (unpaired) electrons. The van der Waals surface area contributed by atoms with Crippen LogP contribution in [0.1, 0.15) is 38.8 Å². The predicted octanol–water partition coefficient (Wildman–Crippen LogP) is 1.32. The lowest BCUT2D eigenvalue weighted by atomic mass is 9.83. The largest absolute Gasteiger partial charge is 0.397 e. The Morgan fingerprint density at radius 2 is 1.46 bits per heavy atom. The molecule has 2 amide bonds. The van der Waals surface area contributed by atoms with Gasteiger partial charge in [0.25, 0.3) is 11.8 Å². The zero-order chi connectivity index (χ0) is 18.6. The van der Waals surface area contributed by atoms with Crippen LogP contribution in [0.25, 0.3) is 0 Å². The molecule has 26 heavy (non-hydrogen) atoms. The van der Waals surface area contributed by atoms with E-state index in [0.29, 0.717) is 5.56 Å². The van der Waals surface area contributed by atoms with Gasteiger partial charge in [-0.05, 0) is 19.1 Å². The van der Waals surface area contributed by atoms with Crippen molar-refractivity contribution in [1.82, 2.24) is 0 Å². The number of anilines is 2. The summed E-state index contributed by atoms with van der Waals surface area (Å²) < 4.78 is 5.09. The van der Waals surface area contributed by atoms with E-state index in [1.54, 1.807) is 31.2 Å². The van der Waals surface area contributed by atoms with Crippen molar-refractivity contribution in [3.63, 3.8) is 0 Å². The van der Waals surface area contributed by atoms with Crippen molar-refractivity contribution < 1.29 is 23.9 Å². The fraction of sp³-hybridized carbons (Fsp3) is 0.158. The highest BCUT2D eigenvalue weighted by Crippen LogP contribution is 2.36. The molecule has 2 N–H and O–H groups in total. The summed E-state index contributed by atoms with van der Waals surface area (Å²) in [6, 6.07) is 9.17. The van der Waals surface area contributed by atoms with Gasteiger partial charge in [-0.15, -0.1) is 0 Å². The van der Waals surface area contributed by atoms with Crippen LogP contribution >= 0.6 is 0 Å². The smallest absolute Gasteiger partial charge is 0.272 e. The van der Waals surface area contributed by atoms with Crippen molar-refractivity contribution in [3.8, 4) is 0 Å². The maximum Gasteiger partial charge on any atom is 0.272 e. The summed E-state index contributed by atoms with van der Waals surface area (Å²) >= 11 is 0. The lowest BCUT2D eigenvalue weighted by molar-refractivity contribution is -0.153. The van der Waals surface area contributed by atoms with Crippen molar-refractivity contribution >= 4 is 34.8 Å². The normalized spacial score (nSPS) is 16.4. The summed E-state index contributed by atoms with van der Waals surface area (Å²) in [6.07, 6.45) is -1.14. The summed E-state index contributed by atoms with van der Waals surface area (Å²) in [5, 5.41) is 0. The van der Waals surface area contributed by atoms with E-state index in [1.807, 2.05) is 0 Å². The number of hydrogen-bond acceptors (Lipinski definition) is 6. The molecule has 7 nitrogen and oxygen atoms in total. The molecule has 0 atom stereocenters. The second-order valence-electron chi connectivity index (χ2n) is 6.01. The number of carbonyl (C=O) groups excluding carboxylic acids is 4. The molecule has 2 aliphatic rings. The van der Waals surface area contributed by atoms with Gasteiger partial charge >= 0.3 is 0 Å². The third-order valence-electron chi connectivity index (χ3n) is 4.54. The van der Waals surface area contributed by atoms with Crippen LogP contribution in [0.4, 0.5) is 11.4 Å². The van der Waals surface area contributed by atoms with Crippen LogP contribution in [0.5, 0.6) is 0 Å². The summed E-state index contributed by atoms with van der Waals surface area (Å²) in [5.41, 5.74) is 7.02. The van der Waals surface area contributed by atoms with Gasteiger partial charge in [-0.3, -0.25) is 19.2 Å². The Hall–Kier alpha value is -3.32. The summed E-state index contributed by atoms with van der Waals surface area (Å²) in [4.78, 5) is 50.7. The van der Waals surface area contributed by atoms with E-state index in [1.165, 1.54) is 12.1 Å². The lowest BCUT2D eigenvalue weighted by Crippen LogP contribution is -2.63. The Morgan fingerprint density at radius 1 is 0.923 bits per heavy atom. The second kappa shape index (κ2) is 5.60. The average Bonchev–Trinajstić information content (AvgIpc) is 2.65. The Bertz CT molecular complexity index is 995. The van der Waals surface area contributed by atoms with Gasteiger partial charge < -0.3 is 10.5 Å². The number of fused-ring (bicyclic) bond motifs is 2. The van der Waals surface area contributed by atoms with E-state index >= 15 is 0 Å². The number of ether oxygens (including phenoxy) is 1. The Morgan fingerprint density at radius 3 is 2.00 bits per heavy atom. The van der Waals surface area contributed by atoms with E-state index in [9.17, 15) is 19.2 Å². The maximum atomic E-state index is 12.8. The number of nitrogens with zero attached hydrogens (tertiary/aromatic N) is 1. The number of amides is 2. The Kier molecular flexibility index (Phi) is 3.48. The first-order chi connectivity index (χ1) is 12.5. The number of nitrogen functional groups attached to an aromatic ring is 1. The second-order valence-corrected chi connectivity index (χ2v) is 6.01. The molecule has 2 aromatic carbocycles. The minimum atomic E-state index is -1.14. The SMILES string of the molecule is CCOC1C(=O)N(c2cc3c(cc2N)C(=O)c2ccccc2C3=O)C1=O. The predicted molar refractivity (Wildman–Crippen MR) is 92.1 cm³/mol. The zero-order valence-corrected chi connectivity index (χ0v) is 13.8. The number of imide groups is 1. The van der Waals surface area contributed by atoms with Gasteiger partial charge in [0, 0.05) is 28.9 Å². The highest BCUT2D eigenvalue weighted by Gasteiger charge is 2.49. The van der Waals surface area contributed by atoms with Crippen LogP contribution in [0.3, 0.4) is 0 Å². The van der Waals surface area contributed by atoms with E-state index < -0.39 is 17.9 Å². The maximum absolute atomic E-state index is 12.8. The van der Waals surface area contributed by atoms with Gasteiger partial charge in [-0.25, -0.2) is 4.90 Å². The molecule has 1 aliphatic carbocycles. The van der Waals surface area contributed by atoms with Crippen LogP contribution in [0.15, 0.2) is 36.4 Å². The number of benzene rings is 2. The molecule has 0 spiro atoms. The lowest BCUT2D eigenvalue weighted by Gasteiger charge is -2.36. The first kappa shape index (κ1) is 16.2. The van der Waals surface area contributed by atoms with Crippen molar-refractivity contribution in [1.29, 1.82) is 0 Å². The van der Waals surface area contributed by atoms with Gasteiger partial charge in [-0.1, -0.05) is 24.3 Å². The van der Waals surface area contributed by atoms with Crippen molar-refractivity contribution in [2.24, 2.45) is 0 Å².